The molecule has 1 rings (SSSR count). The van der Waals surface area contributed by atoms with Crippen molar-refractivity contribution in [3.05, 3.63) is 12.2 Å². The minimum absolute atomic E-state index is 0.0734. The van der Waals surface area contributed by atoms with E-state index in [1.54, 1.807) is 0 Å². The minimum Gasteiger partial charge on any atom is -0.463 e. The Morgan fingerprint density at radius 2 is 1.19 bits per heavy atom. The third-order valence-electron chi connectivity index (χ3n) is 8.54. The summed E-state index contributed by atoms with van der Waals surface area (Å²) in [4.78, 5) is 12.1. The van der Waals surface area contributed by atoms with Gasteiger partial charge in [-0.1, -0.05) is 76.9 Å². The predicted octanol–water partition coefficient (Wildman–Crippen LogP) is 4.55. The first-order valence-corrected chi connectivity index (χ1v) is 20.1. The first-order chi connectivity index (χ1) is 25.7. The van der Waals surface area contributed by atoms with E-state index in [2.05, 4.69) is 19.1 Å². The molecule has 0 saturated carbocycles. The van der Waals surface area contributed by atoms with Crippen molar-refractivity contribution in [1.82, 2.24) is 0 Å². The summed E-state index contributed by atoms with van der Waals surface area (Å²) in [6.45, 7) is 5.18. The topological polar surface area (TPSA) is 161 Å². The Kier molecular flexibility index (Phi) is 35.7. The van der Waals surface area contributed by atoms with Crippen LogP contribution in [-0.2, 0) is 47.4 Å². The monoisotopic (exact) mass is 751 g/mol. The van der Waals surface area contributed by atoms with Gasteiger partial charge in [-0.3, -0.25) is 4.79 Å². The van der Waals surface area contributed by atoms with Gasteiger partial charge in [0, 0.05) is 6.42 Å². The lowest BCUT2D eigenvalue weighted by Gasteiger charge is -2.29. The standard InChI is InChI=1S/C39H74O13/c1-2-3-4-5-6-7-8-9-10-11-12-13-14-15-16-17-18-37(43)50-31-28-46-25-26-47-33-35(49-30-27-44-22-19-40)39-38(51-32-29-45-23-20-41)36(34-52-39)48-24-21-42/h10-11,35-36,38-42H,2-9,12-34H2,1H3/b11-10-/t35?,36-,38+,39-/m1/s1. The van der Waals surface area contributed by atoms with E-state index >= 15 is 0 Å². The Morgan fingerprint density at radius 3 is 1.87 bits per heavy atom. The van der Waals surface area contributed by atoms with Crippen molar-refractivity contribution in [2.24, 2.45) is 0 Å². The van der Waals surface area contributed by atoms with Gasteiger partial charge in [-0.05, 0) is 32.1 Å². The van der Waals surface area contributed by atoms with E-state index in [-0.39, 0.29) is 98.5 Å². The summed E-state index contributed by atoms with van der Waals surface area (Å²) >= 11 is 0. The Labute approximate surface area is 313 Å². The van der Waals surface area contributed by atoms with Gasteiger partial charge in [0.05, 0.1) is 99.1 Å². The maximum Gasteiger partial charge on any atom is 0.305 e. The van der Waals surface area contributed by atoms with E-state index in [0.717, 1.165) is 25.7 Å². The zero-order valence-corrected chi connectivity index (χ0v) is 32.3. The zero-order valence-electron chi connectivity index (χ0n) is 32.3. The molecule has 1 fully saturated rings. The zero-order chi connectivity index (χ0) is 37.6. The molecule has 308 valence electrons. The maximum atomic E-state index is 12.1. The van der Waals surface area contributed by atoms with Crippen molar-refractivity contribution in [2.75, 3.05) is 106 Å². The Balaban J connectivity index is 2.19. The fourth-order valence-electron chi connectivity index (χ4n) is 5.77. The summed E-state index contributed by atoms with van der Waals surface area (Å²) in [5.41, 5.74) is 0. The number of carbonyl (C=O) groups is 1. The van der Waals surface area contributed by atoms with Crippen LogP contribution in [0.4, 0.5) is 0 Å². The molecule has 13 heteroatoms. The van der Waals surface area contributed by atoms with Crippen LogP contribution in [0.5, 0.6) is 0 Å². The Hall–Kier alpha value is -1.23. The number of aliphatic hydroxyl groups is 3. The molecule has 52 heavy (non-hydrogen) atoms. The van der Waals surface area contributed by atoms with E-state index in [1.807, 2.05) is 0 Å². The van der Waals surface area contributed by atoms with Gasteiger partial charge in [0.15, 0.2) is 0 Å². The highest BCUT2D eigenvalue weighted by Gasteiger charge is 2.44. The summed E-state index contributed by atoms with van der Waals surface area (Å²) in [6.07, 6.45) is 20.4. The number of rotatable bonds is 40. The first-order valence-electron chi connectivity index (χ1n) is 20.1. The average molecular weight is 751 g/mol. The van der Waals surface area contributed by atoms with Gasteiger partial charge < -0.3 is 58.0 Å². The van der Waals surface area contributed by atoms with Crippen LogP contribution in [0.1, 0.15) is 103 Å². The Bertz CT molecular complexity index is 787. The molecule has 4 atom stereocenters. The lowest BCUT2D eigenvalue weighted by atomic mass is 10.1. The van der Waals surface area contributed by atoms with Gasteiger partial charge in [0.2, 0.25) is 0 Å². The SMILES string of the molecule is CCCCCCCCC/C=C\CCCCCCCC(=O)OCCOCCOCC(OCCOCCO)[C@H]1OC[C@@H](OCCO)[C@@H]1OCCOCCO. The molecule has 3 N–H and O–H groups in total. The second-order valence-corrected chi connectivity index (χ2v) is 12.9. The van der Waals surface area contributed by atoms with Gasteiger partial charge in [-0.25, -0.2) is 0 Å². The molecule has 0 spiro atoms. The number of aliphatic hydroxyl groups excluding tert-OH is 3. The molecule has 0 radical (unpaired) electrons. The largest absolute Gasteiger partial charge is 0.463 e. The molecule has 13 nitrogen and oxygen atoms in total. The second-order valence-electron chi connectivity index (χ2n) is 12.9. The molecule has 1 aliphatic heterocycles. The van der Waals surface area contributed by atoms with E-state index in [4.69, 9.17) is 52.8 Å². The highest BCUT2D eigenvalue weighted by atomic mass is 16.6. The van der Waals surface area contributed by atoms with Crippen LogP contribution in [0.15, 0.2) is 12.2 Å². The molecule has 0 aromatic carbocycles. The molecular formula is C39H74O13. The molecule has 0 aliphatic carbocycles. The van der Waals surface area contributed by atoms with Crippen LogP contribution in [0.2, 0.25) is 0 Å². The smallest absolute Gasteiger partial charge is 0.305 e. The van der Waals surface area contributed by atoms with Crippen LogP contribution < -0.4 is 0 Å². The van der Waals surface area contributed by atoms with Gasteiger partial charge in [0.1, 0.15) is 31.0 Å². The summed E-state index contributed by atoms with van der Waals surface area (Å²) in [5, 5.41) is 27.2. The van der Waals surface area contributed by atoms with Crippen molar-refractivity contribution in [2.45, 2.75) is 128 Å². The summed E-state index contributed by atoms with van der Waals surface area (Å²) in [6, 6.07) is 0. The molecule has 0 aromatic heterocycles. The van der Waals surface area contributed by atoms with Crippen molar-refractivity contribution >= 4 is 5.97 Å². The number of unbranched alkanes of at least 4 members (excludes halogenated alkanes) is 12. The fraction of sp³-hybridized carbons (Fsp3) is 0.923. The van der Waals surface area contributed by atoms with Crippen molar-refractivity contribution in [3.8, 4) is 0 Å². The van der Waals surface area contributed by atoms with Gasteiger partial charge in [-0.2, -0.15) is 0 Å². The number of carbonyl (C=O) groups excluding carboxylic acids is 1. The Morgan fingerprint density at radius 1 is 0.635 bits per heavy atom. The highest BCUT2D eigenvalue weighted by Crippen LogP contribution is 2.25. The summed E-state index contributed by atoms with van der Waals surface area (Å²) < 4.78 is 51.3. The van der Waals surface area contributed by atoms with Gasteiger partial charge in [-0.15, -0.1) is 0 Å². The molecule has 1 unspecified atom stereocenters. The number of esters is 1. The van der Waals surface area contributed by atoms with Crippen LogP contribution >= 0.6 is 0 Å². The van der Waals surface area contributed by atoms with E-state index in [9.17, 15) is 9.90 Å². The number of hydrogen-bond donors (Lipinski definition) is 3. The molecule has 1 aliphatic rings. The second kappa shape index (κ2) is 38.1. The van der Waals surface area contributed by atoms with E-state index in [1.165, 1.54) is 64.2 Å². The third-order valence-corrected chi connectivity index (χ3v) is 8.54. The van der Waals surface area contributed by atoms with Crippen LogP contribution in [0.25, 0.3) is 0 Å². The lowest BCUT2D eigenvalue weighted by Crippen LogP contribution is -2.45. The van der Waals surface area contributed by atoms with E-state index in [0.29, 0.717) is 19.6 Å². The molecular weight excluding hydrogens is 676 g/mol. The summed E-state index contributed by atoms with van der Waals surface area (Å²) in [5.74, 6) is -0.189. The number of hydrogen-bond acceptors (Lipinski definition) is 13. The van der Waals surface area contributed by atoms with E-state index < -0.39 is 24.4 Å². The normalized spacial score (nSPS) is 18.1. The number of allylic oxidation sites excluding steroid dienone is 2. The highest BCUT2D eigenvalue weighted by molar-refractivity contribution is 5.69. The van der Waals surface area contributed by atoms with Crippen molar-refractivity contribution in [1.29, 1.82) is 0 Å². The minimum atomic E-state index is -0.522. The van der Waals surface area contributed by atoms with Crippen LogP contribution in [-0.4, -0.2) is 151 Å². The quantitative estimate of drug-likeness (QED) is 0.0455. The third kappa shape index (κ3) is 28.2. The molecule has 0 aromatic rings. The molecule has 1 heterocycles. The average Bonchev–Trinajstić information content (AvgIpc) is 3.55. The maximum absolute atomic E-state index is 12.1. The molecule has 1 saturated heterocycles. The van der Waals surface area contributed by atoms with Gasteiger partial charge in [0.25, 0.3) is 0 Å². The molecule has 0 amide bonds. The van der Waals surface area contributed by atoms with Crippen LogP contribution in [0, 0.1) is 0 Å². The predicted molar refractivity (Wildman–Crippen MR) is 199 cm³/mol. The van der Waals surface area contributed by atoms with Crippen molar-refractivity contribution in [3.63, 3.8) is 0 Å². The molecule has 0 bridgehead atoms. The fourth-order valence-corrected chi connectivity index (χ4v) is 5.77. The van der Waals surface area contributed by atoms with Gasteiger partial charge >= 0.3 is 5.97 Å². The summed E-state index contributed by atoms with van der Waals surface area (Å²) in [7, 11) is 0. The lowest BCUT2D eigenvalue weighted by molar-refractivity contribution is -0.146. The van der Waals surface area contributed by atoms with Crippen LogP contribution in [0.3, 0.4) is 0 Å². The first kappa shape index (κ1) is 48.8. The number of ether oxygens (including phenoxy) is 9. The van der Waals surface area contributed by atoms with Crippen molar-refractivity contribution < 1.29 is 62.7 Å².